The second-order valence-corrected chi connectivity index (χ2v) is 5.27. The van der Waals surface area contributed by atoms with Crippen molar-refractivity contribution in [2.75, 3.05) is 17.9 Å². The van der Waals surface area contributed by atoms with Crippen LogP contribution >= 0.6 is 15.9 Å². The molecule has 112 valence electrons. The number of nitrogens with one attached hydrogen (secondary N) is 2. The molecule has 0 bridgehead atoms. The van der Waals surface area contributed by atoms with Gasteiger partial charge in [-0.2, -0.15) is 0 Å². The average molecular weight is 352 g/mol. The van der Waals surface area contributed by atoms with Crippen LogP contribution in [0.2, 0.25) is 0 Å². The molecular formula is C14H18BrN5O. The van der Waals surface area contributed by atoms with Crippen molar-refractivity contribution in [2.45, 2.75) is 19.8 Å². The molecule has 0 atom stereocenters. The van der Waals surface area contributed by atoms with Crippen LogP contribution in [0.25, 0.3) is 0 Å². The van der Waals surface area contributed by atoms with E-state index in [1.807, 2.05) is 18.2 Å². The normalized spacial score (nSPS) is 10.3. The first-order chi connectivity index (χ1) is 10.2. The van der Waals surface area contributed by atoms with E-state index in [0.29, 0.717) is 5.82 Å². The van der Waals surface area contributed by atoms with E-state index in [1.165, 1.54) is 6.33 Å². The van der Waals surface area contributed by atoms with Crippen LogP contribution in [0.3, 0.4) is 0 Å². The highest BCUT2D eigenvalue weighted by Crippen LogP contribution is 2.30. The summed E-state index contributed by atoms with van der Waals surface area (Å²) in [5, 5.41) is 3.29. The summed E-state index contributed by atoms with van der Waals surface area (Å²) in [4.78, 5) is 8.46. The van der Waals surface area contributed by atoms with E-state index in [2.05, 4.69) is 43.6 Å². The molecule has 21 heavy (non-hydrogen) atoms. The smallest absolute Gasteiger partial charge is 0.148 e. The molecule has 0 aliphatic carbocycles. The number of methoxy groups -OCH3 is 1. The number of nitrogens with two attached hydrogens (primary N) is 1. The summed E-state index contributed by atoms with van der Waals surface area (Å²) in [5.74, 6) is 7.64. The Morgan fingerprint density at radius 1 is 1.29 bits per heavy atom. The summed E-state index contributed by atoms with van der Waals surface area (Å²) in [5.41, 5.74) is 4.46. The highest BCUT2D eigenvalue weighted by atomic mass is 79.9. The van der Waals surface area contributed by atoms with Crippen LogP contribution in [-0.4, -0.2) is 17.1 Å². The van der Waals surface area contributed by atoms with Gasteiger partial charge in [0.15, 0.2) is 0 Å². The summed E-state index contributed by atoms with van der Waals surface area (Å²) >= 11 is 3.43. The molecule has 2 aromatic rings. The number of nitrogens with zero attached hydrogens (tertiary/aromatic N) is 2. The molecule has 7 heteroatoms. The molecule has 1 aromatic heterocycles. The molecule has 0 aliphatic rings. The molecule has 4 N–H and O–H groups in total. The zero-order valence-corrected chi connectivity index (χ0v) is 13.6. The lowest BCUT2D eigenvalue weighted by atomic mass is 10.1. The van der Waals surface area contributed by atoms with E-state index in [0.717, 1.165) is 40.1 Å². The molecule has 1 aromatic carbocycles. The van der Waals surface area contributed by atoms with E-state index in [9.17, 15) is 0 Å². The Morgan fingerprint density at radius 3 is 2.71 bits per heavy atom. The van der Waals surface area contributed by atoms with Gasteiger partial charge in [0.25, 0.3) is 0 Å². The maximum atomic E-state index is 5.51. The quantitative estimate of drug-likeness (QED) is 0.547. The third kappa shape index (κ3) is 3.62. The molecule has 0 spiro atoms. The summed E-state index contributed by atoms with van der Waals surface area (Å²) in [6.45, 7) is 2.10. The fourth-order valence-corrected chi connectivity index (χ4v) is 2.41. The zero-order valence-electron chi connectivity index (χ0n) is 12.0. The van der Waals surface area contributed by atoms with Crippen molar-refractivity contribution in [1.29, 1.82) is 0 Å². The molecular weight excluding hydrogens is 334 g/mol. The summed E-state index contributed by atoms with van der Waals surface area (Å²) in [6, 6.07) is 5.77. The Labute approximate surface area is 132 Å². The Kier molecular flexibility index (Phi) is 5.35. The van der Waals surface area contributed by atoms with Crippen LogP contribution in [-0.2, 0) is 6.42 Å². The fourth-order valence-electron chi connectivity index (χ4n) is 2.01. The summed E-state index contributed by atoms with van der Waals surface area (Å²) in [6.07, 6.45) is 3.28. The second-order valence-electron chi connectivity index (χ2n) is 4.42. The standard InChI is InChI=1S/C14H18BrN5O/c1-3-4-10-13(17-8-18-14(10)20-16)19-9-5-6-11(15)12(7-9)21-2/h5-8H,3-4,16H2,1-2H3,(H2,17,18,19,20). The molecule has 0 fully saturated rings. The lowest BCUT2D eigenvalue weighted by molar-refractivity contribution is 0.412. The first-order valence-electron chi connectivity index (χ1n) is 6.60. The molecule has 0 amide bonds. The highest BCUT2D eigenvalue weighted by Gasteiger charge is 2.11. The minimum absolute atomic E-state index is 0.637. The van der Waals surface area contributed by atoms with Crippen molar-refractivity contribution in [1.82, 2.24) is 9.97 Å². The van der Waals surface area contributed by atoms with Crippen LogP contribution in [0.1, 0.15) is 18.9 Å². The number of ether oxygens (including phenoxy) is 1. The number of anilines is 3. The summed E-state index contributed by atoms with van der Waals surface area (Å²) in [7, 11) is 1.63. The van der Waals surface area contributed by atoms with Crippen molar-refractivity contribution < 1.29 is 4.74 Å². The predicted octanol–water partition coefficient (Wildman–Crippen LogP) is 3.23. The lowest BCUT2D eigenvalue weighted by Gasteiger charge is -2.14. The molecule has 0 aliphatic heterocycles. The first-order valence-corrected chi connectivity index (χ1v) is 7.40. The third-order valence-electron chi connectivity index (χ3n) is 3.00. The number of halogens is 1. The van der Waals surface area contributed by atoms with E-state index in [-0.39, 0.29) is 0 Å². The molecule has 2 rings (SSSR count). The van der Waals surface area contributed by atoms with Gasteiger partial charge in [-0.25, -0.2) is 15.8 Å². The Morgan fingerprint density at radius 2 is 2.05 bits per heavy atom. The number of hydrazine groups is 1. The third-order valence-corrected chi connectivity index (χ3v) is 3.65. The summed E-state index contributed by atoms with van der Waals surface area (Å²) < 4.78 is 6.19. The molecule has 1 heterocycles. The van der Waals surface area contributed by atoms with Gasteiger partial charge in [-0.3, -0.25) is 0 Å². The number of hydrogen-bond acceptors (Lipinski definition) is 6. The molecule has 0 saturated carbocycles. The van der Waals surface area contributed by atoms with Gasteiger partial charge >= 0.3 is 0 Å². The van der Waals surface area contributed by atoms with Crippen LogP contribution in [0.4, 0.5) is 17.3 Å². The first kappa shape index (κ1) is 15.5. The number of rotatable bonds is 6. The monoisotopic (exact) mass is 351 g/mol. The van der Waals surface area contributed by atoms with Gasteiger partial charge in [0.05, 0.1) is 11.6 Å². The van der Waals surface area contributed by atoms with E-state index < -0.39 is 0 Å². The van der Waals surface area contributed by atoms with Gasteiger partial charge in [0, 0.05) is 17.3 Å². The van der Waals surface area contributed by atoms with E-state index in [1.54, 1.807) is 7.11 Å². The zero-order chi connectivity index (χ0) is 15.2. The van der Waals surface area contributed by atoms with E-state index >= 15 is 0 Å². The second kappa shape index (κ2) is 7.24. The van der Waals surface area contributed by atoms with Gasteiger partial charge in [0.2, 0.25) is 0 Å². The number of benzene rings is 1. The fraction of sp³-hybridized carbons (Fsp3) is 0.286. The Hall–Kier alpha value is -1.86. The predicted molar refractivity (Wildman–Crippen MR) is 87.8 cm³/mol. The average Bonchev–Trinajstić information content (AvgIpc) is 2.51. The minimum atomic E-state index is 0.637. The Balaban J connectivity index is 2.34. The van der Waals surface area contributed by atoms with Crippen LogP contribution < -0.4 is 21.3 Å². The molecule has 0 saturated heterocycles. The van der Waals surface area contributed by atoms with Crippen molar-refractivity contribution in [2.24, 2.45) is 5.84 Å². The lowest BCUT2D eigenvalue weighted by Crippen LogP contribution is -2.13. The van der Waals surface area contributed by atoms with Crippen LogP contribution in [0, 0.1) is 0 Å². The van der Waals surface area contributed by atoms with Gasteiger partial charge in [-0.05, 0) is 34.5 Å². The van der Waals surface area contributed by atoms with Crippen molar-refractivity contribution in [3.8, 4) is 5.75 Å². The molecule has 0 radical (unpaired) electrons. The number of nitrogen functional groups attached to an aromatic ring is 1. The minimum Gasteiger partial charge on any atom is -0.495 e. The topological polar surface area (TPSA) is 85.1 Å². The van der Waals surface area contributed by atoms with Crippen molar-refractivity contribution in [3.63, 3.8) is 0 Å². The largest absolute Gasteiger partial charge is 0.495 e. The van der Waals surface area contributed by atoms with Gasteiger partial charge in [-0.1, -0.05) is 13.3 Å². The van der Waals surface area contributed by atoms with Gasteiger partial charge < -0.3 is 15.5 Å². The SMILES string of the molecule is CCCc1c(NN)ncnc1Nc1ccc(Br)c(OC)c1. The van der Waals surface area contributed by atoms with Crippen molar-refractivity contribution in [3.05, 3.63) is 34.6 Å². The van der Waals surface area contributed by atoms with Crippen LogP contribution in [0.5, 0.6) is 5.75 Å². The van der Waals surface area contributed by atoms with E-state index in [4.69, 9.17) is 10.6 Å². The maximum Gasteiger partial charge on any atom is 0.148 e. The number of hydrogen-bond donors (Lipinski definition) is 3. The van der Waals surface area contributed by atoms with Gasteiger partial charge in [0.1, 0.15) is 23.7 Å². The Bertz CT molecular complexity index is 620. The maximum absolute atomic E-state index is 5.51. The van der Waals surface area contributed by atoms with Gasteiger partial charge in [-0.15, -0.1) is 0 Å². The molecule has 0 unspecified atom stereocenters. The molecule has 6 nitrogen and oxygen atoms in total. The van der Waals surface area contributed by atoms with Crippen LogP contribution in [0.15, 0.2) is 29.0 Å². The number of aromatic nitrogens is 2. The van der Waals surface area contributed by atoms with Crippen molar-refractivity contribution >= 4 is 33.3 Å². The highest BCUT2D eigenvalue weighted by molar-refractivity contribution is 9.10.